The van der Waals surface area contributed by atoms with E-state index in [1.807, 2.05) is 43.3 Å². The topological polar surface area (TPSA) is 58.1 Å². The van der Waals surface area contributed by atoms with E-state index in [4.69, 9.17) is 0 Å². The molecule has 3 rings (SSSR count). The molecule has 0 saturated carbocycles. The van der Waals surface area contributed by atoms with E-state index in [2.05, 4.69) is 27.3 Å². The van der Waals surface area contributed by atoms with Gasteiger partial charge in [0.25, 0.3) is 5.91 Å². The highest BCUT2D eigenvalue weighted by atomic mass is 16.1. The highest BCUT2D eigenvalue weighted by molar-refractivity contribution is 6.03. The monoisotopic (exact) mass is 310 g/mol. The largest absolute Gasteiger partial charge is 0.355 e. The van der Waals surface area contributed by atoms with Crippen molar-refractivity contribution in [3.05, 3.63) is 47.5 Å². The van der Waals surface area contributed by atoms with Crippen molar-refractivity contribution < 1.29 is 4.79 Å². The molecule has 0 spiro atoms. The van der Waals surface area contributed by atoms with Crippen molar-refractivity contribution >= 4 is 17.5 Å². The van der Waals surface area contributed by atoms with Crippen LogP contribution >= 0.6 is 0 Å². The van der Waals surface area contributed by atoms with Gasteiger partial charge < -0.3 is 10.2 Å². The lowest BCUT2D eigenvalue weighted by Crippen LogP contribution is -2.34. The lowest BCUT2D eigenvalue weighted by Gasteiger charge is -2.31. The van der Waals surface area contributed by atoms with E-state index in [9.17, 15) is 4.79 Å². The van der Waals surface area contributed by atoms with Crippen LogP contribution in [0.1, 0.15) is 35.7 Å². The van der Waals surface area contributed by atoms with Crippen LogP contribution in [0.4, 0.5) is 11.6 Å². The van der Waals surface area contributed by atoms with Gasteiger partial charge in [0.05, 0.1) is 0 Å². The number of carbonyl (C=O) groups is 1. The number of anilines is 2. The molecule has 1 aliphatic heterocycles. The zero-order valence-electron chi connectivity index (χ0n) is 13.6. The van der Waals surface area contributed by atoms with Gasteiger partial charge in [-0.2, -0.15) is 0 Å². The second-order valence-electron chi connectivity index (χ2n) is 6.29. The Balaban J connectivity index is 1.65. The molecule has 120 valence electrons. The van der Waals surface area contributed by atoms with Gasteiger partial charge in [-0.05, 0) is 49.9 Å². The zero-order chi connectivity index (χ0) is 16.2. The molecule has 1 N–H and O–H groups in total. The molecule has 2 heterocycles. The van der Waals surface area contributed by atoms with Crippen molar-refractivity contribution in [3.8, 4) is 0 Å². The van der Waals surface area contributed by atoms with Gasteiger partial charge in [-0.15, -0.1) is 10.2 Å². The fraction of sp³-hybridized carbons (Fsp3) is 0.389. The summed E-state index contributed by atoms with van der Waals surface area (Å²) in [5, 5.41) is 11.2. The molecule has 1 fully saturated rings. The maximum atomic E-state index is 12.2. The van der Waals surface area contributed by atoms with Gasteiger partial charge in [-0.1, -0.05) is 24.6 Å². The Labute approximate surface area is 136 Å². The molecule has 1 atom stereocenters. The number of nitrogens with zero attached hydrogens (tertiary/aromatic N) is 3. The summed E-state index contributed by atoms with van der Waals surface area (Å²) in [6, 6.07) is 11.2. The van der Waals surface area contributed by atoms with Crippen LogP contribution < -0.4 is 10.2 Å². The summed E-state index contributed by atoms with van der Waals surface area (Å²) in [6.07, 6.45) is 2.46. The molecule has 1 amide bonds. The standard InChI is InChI=1S/C18H22N4O/c1-13-5-7-15(8-6-13)18(23)19-16-9-10-17(21-20-16)22-11-3-4-14(2)12-22/h5-10,14H,3-4,11-12H2,1-2H3,(H,19,20,23). The second kappa shape index (κ2) is 6.77. The van der Waals surface area contributed by atoms with E-state index in [-0.39, 0.29) is 5.91 Å². The molecular formula is C18H22N4O. The Morgan fingerprint density at radius 2 is 1.96 bits per heavy atom. The average molecular weight is 310 g/mol. The van der Waals surface area contributed by atoms with Crippen LogP contribution in [0.25, 0.3) is 0 Å². The number of hydrogen-bond donors (Lipinski definition) is 1. The Bertz CT molecular complexity index is 666. The van der Waals surface area contributed by atoms with E-state index < -0.39 is 0 Å². The highest BCUT2D eigenvalue weighted by Crippen LogP contribution is 2.21. The number of aryl methyl sites for hydroxylation is 1. The van der Waals surface area contributed by atoms with Crippen molar-refractivity contribution in [2.45, 2.75) is 26.7 Å². The van der Waals surface area contributed by atoms with Crippen LogP contribution in [0.2, 0.25) is 0 Å². The van der Waals surface area contributed by atoms with E-state index in [1.54, 1.807) is 0 Å². The third-order valence-corrected chi connectivity index (χ3v) is 4.19. The van der Waals surface area contributed by atoms with Gasteiger partial charge in [0, 0.05) is 18.7 Å². The molecule has 1 aliphatic rings. The Morgan fingerprint density at radius 1 is 1.17 bits per heavy atom. The van der Waals surface area contributed by atoms with Gasteiger partial charge in [-0.3, -0.25) is 4.79 Å². The minimum Gasteiger partial charge on any atom is -0.355 e. The van der Waals surface area contributed by atoms with Crippen molar-refractivity contribution in [2.75, 3.05) is 23.3 Å². The summed E-state index contributed by atoms with van der Waals surface area (Å²) in [6.45, 7) is 6.29. The van der Waals surface area contributed by atoms with Crippen LogP contribution in [-0.4, -0.2) is 29.2 Å². The predicted octanol–water partition coefficient (Wildman–Crippen LogP) is 3.27. The molecule has 5 heteroatoms. The zero-order valence-corrected chi connectivity index (χ0v) is 13.6. The first kappa shape index (κ1) is 15.5. The van der Waals surface area contributed by atoms with Gasteiger partial charge in [0.2, 0.25) is 0 Å². The highest BCUT2D eigenvalue weighted by Gasteiger charge is 2.18. The molecular weight excluding hydrogens is 288 g/mol. The van der Waals surface area contributed by atoms with E-state index in [0.29, 0.717) is 17.3 Å². The fourth-order valence-electron chi connectivity index (χ4n) is 2.85. The van der Waals surface area contributed by atoms with Crippen molar-refractivity contribution in [2.24, 2.45) is 5.92 Å². The minimum atomic E-state index is -0.168. The summed E-state index contributed by atoms with van der Waals surface area (Å²) in [4.78, 5) is 14.4. The number of benzene rings is 1. The summed E-state index contributed by atoms with van der Waals surface area (Å²) in [5.74, 6) is 1.87. The third-order valence-electron chi connectivity index (χ3n) is 4.19. The van der Waals surface area contributed by atoms with Crippen LogP contribution in [0.3, 0.4) is 0 Å². The number of aromatic nitrogens is 2. The molecule has 5 nitrogen and oxygen atoms in total. The Morgan fingerprint density at radius 3 is 2.61 bits per heavy atom. The first-order chi connectivity index (χ1) is 11.1. The van der Waals surface area contributed by atoms with Gasteiger partial charge in [-0.25, -0.2) is 0 Å². The first-order valence-electron chi connectivity index (χ1n) is 8.08. The number of rotatable bonds is 3. The number of carbonyl (C=O) groups excluding carboxylic acids is 1. The average Bonchev–Trinajstić information content (AvgIpc) is 2.56. The molecule has 1 aromatic carbocycles. The molecule has 2 aromatic rings. The molecule has 23 heavy (non-hydrogen) atoms. The van der Waals surface area contributed by atoms with E-state index >= 15 is 0 Å². The van der Waals surface area contributed by atoms with Crippen molar-refractivity contribution in [1.82, 2.24) is 10.2 Å². The minimum absolute atomic E-state index is 0.168. The lowest BCUT2D eigenvalue weighted by atomic mass is 10.0. The molecule has 0 bridgehead atoms. The van der Waals surface area contributed by atoms with Gasteiger partial charge in [0.1, 0.15) is 0 Å². The molecule has 1 unspecified atom stereocenters. The van der Waals surface area contributed by atoms with Crippen molar-refractivity contribution in [3.63, 3.8) is 0 Å². The van der Waals surface area contributed by atoms with Crippen LogP contribution in [0.15, 0.2) is 36.4 Å². The predicted molar refractivity (Wildman–Crippen MR) is 91.8 cm³/mol. The summed E-state index contributed by atoms with van der Waals surface area (Å²) in [5.41, 5.74) is 1.74. The second-order valence-corrected chi connectivity index (χ2v) is 6.29. The number of piperidine rings is 1. The molecule has 0 radical (unpaired) electrons. The van der Waals surface area contributed by atoms with Crippen molar-refractivity contribution in [1.29, 1.82) is 0 Å². The van der Waals surface area contributed by atoms with Crippen LogP contribution in [0, 0.1) is 12.8 Å². The maximum absolute atomic E-state index is 12.2. The smallest absolute Gasteiger partial charge is 0.256 e. The number of amides is 1. The quantitative estimate of drug-likeness (QED) is 0.945. The number of hydrogen-bond acceptors (Lipinski definition) is 4. The Kier molecular flexibility index (Phi) is 4.55. The van der Waals surface area contributed by atoms with Crippen LogP contribution in [-0.2, 0) is 0 Å². The SMILES string of the molecule is Cc1ccc(C(=O)Nc2ccc(N3CCCC(C)C3)nn2)cc1. The maximum Gasteiger partial charge on any atom is 0.256 e. The lowest BCUT2D eigenvalue weighted by molar-refractivity contribution is 0.102. The molecule has 1 saturated heterocycles. The fourth-order valence-corrected chi connectivity index (χ4v) is 2.85. The van der Waals surface area contributed by atoms with Crippen LogP contribution in [0.5, 0.6) is 0 Å². The Hall–Kier alpha value is -2.43. The first-order valence-corrected chi connectivity index (χ1v) is 8.08. The van der Waals surface area contributed by atoms with E-state index in [1.165, 1.54) is 12.8 Å². The summed E-state index contributed by atoms with van der Waals surface area (Å²) >= 11 is 0. The normalized spacial score (nSPS) is 17.8. The van der Waals surface area contributed by atoms with E-state index in [0.717, 1.165) is 24.5 Å². The number of nitrogens with one attached hydrogen (secondary N) is 1. The van der Waals surface area contributed by atoms with Gasteiger partial charge >= 0.3 is 0 Å². The molecule has 0 aliphatic carbocycles. The third kappa shape index (κ3) is 3.86. The molecule has 1 aromatic heterocycles. The summed E-state index contributed by atoms with van der Waals surface area (Å²) in [7, 11) is 0. The summed E-state index contributed by atoms with van der Waals surface area (Å²) < 4.78 is 0. The van der Waals surface area contributed by atoms with Gasteiger partial charge in [0.15, 0.2) is 11.6 Å².